The summed E-state index contributed by atoms with van der Waals surface area (Å²) in [4.78, 5) is 0. The van der Waals surface area contributed by atoms with E-state index in [-0.39, 0.29) is 0 Å². The van der Waals surface area contributed by atoms with Crippen molar-refractivity contribution in [2.24, 2.45) is 5.92 Å². The Balaban J connectivity index is 2.57. The molecule has 0 radical (unpaired) electrons. The van der Waals surface area contributed by atoms with Crippen LogP contribution in [0.2, 0.25) is 0 Å². The van der Waals surface area contributed by atoms with Crippen LogP contribution in [0.5, 0.6) is 11.5 Å². The van der Waals surface area contributed by atoms with Crippen LogP contribution in [-0.4, -0.2) is 27.3 Å². The van der Waals surface area contributed by atoms with E-state index in [1.165, 1.54) is 0 Å². The van der Waals surface area contributed by atoms with E-state index in [0.717, 1.165) is 30.2 Å². The number of methoxy groups -OCH3 is 2. The molecule has 0 atom stereocenters. The Bertz CT molecular complexity index is 364. The van der Waals surface area contributed by atoms with Gasteiger partial charge in [-0.1, -0.05) is 26.0 Å². The third kappa shape index (κ3) is 5.23. The van der Waals surface area contributed by atoms with Crippen LogP contribution in [-0.2, 0) is 0 Å². The van der Waals surface area contributed by atoms with Gasteiger partial charge in [-0.05, 0) is 30.2 Å². The Kier molecular flexibility index (Phi) is 6.29. The molecule has 18 heavy (non-hydrogen) atoms. The maximum Gasteiger partial charge on any atom is 0.123 e. The van der Waals surface area contributed by atoms with E-state index >= 15 is 0 Å². The second-order valence-corrected chi connectivity index (χ2v) is 4.60. The molecule has 0 aliphatic rings. The predicted molar refractivity (Wildman–Crippen MR) is 76.3 cm³/mol. The molecule has 1 aromatic carbocycles. The second-order valence-electron chi connectivity index (χ2n) is 4.60. The summed E-state index contributed by atoms with van der Waals surface area (Å²) in [6.45, 7) is 6.30. The number of hydrogen-bond acceptors (Lipinski definition) is 3. The molecule has 0 saturated heterocycles. The lowest BCUT2D eigenvalue weighted by Gasteiger charge is -2.06. The monoisotopic (exact) mass is 249 g/mol. The lowest BCUT2D eigenvalue weighted by molar-refractivity contribution is 0.394. The van der Waals surface area contributed by atoms with E-state index in [1.54, 1.807) is 14.2 Å². The van der Waals surface area contributed by atoms with Crippen LogP contribution in [0.1, 0.15) is 19.4 Å². The summed E-state index contributed by atoms with van der Waals surface area (Å²) in [5, 5.41) is 3.36. The third-order valence-electron chi connectivity index (χ3n) is 2.50. The first-order valence-electron chi connectivity index (χ1n) is 6.26. The molecule has 0 amide bonds. The van der Waals surface area contributed by atoms with Gasteiger partial charge >= 0.3 is 0 Å². The van der Waals surface area contributed by atoms with Crippen molar-refractivity contribution in [3.05, 3.63) is 29.8 Å². The highest BCUT2D eigenvalue weighted by Crippen LogP contribution is 2.23. The molecule has 0 aliphatic heterocycles. The number of hydrogen-bond donors (Lipinski definition) is 1. The lowest BCUT2D eigenvalue weighted by Crippen LogP contribution is -2.19. The van der Waals surface area contributed by atoms with Gasteiger partial charge in [0.05, 0.1) is 14.2 Å². The maximum atomic E-state index is 5.23. The standard InChI is InChI=1S/C15H23NO2/c1-12(2)11-16-7-5-6-13-8-14(17-3)10-15(9-13)18-4/h5-6,8-10,12,16H,7,11H2,1-4H3. The number of nitrogens with one attached hydrogen (secondary N) is 1. The molecule has 0 bridgehead atoms. The van der Waals surface area contributed by atoms with Gasteiger partial charge in [0.25, 0.3) is 0 Å². The van der Waals surface area contributed by atoms with Gasteiger partial charge in [0.1, 0.15) is 11.5 Å². The zero-order valence-corrected chi connectivity index (χ0v) is 11.7. The van der Waals surface area contributed by atoms with E-state index in [9.17, 15) is 0 Å². The Morgan fingerprint density at radius 3 is 2.22 bits per heavy atom. The molecule has 0 aliphatic carbocycles. The van der Waals surface area contributed by atoms with Crippen LogP contribution >= 0.6 is 0 Å². The van der Waals surface area contributed by atoms with Gasteiger partial charge in [-0.25, -0.2) is 0 Å². The summed E-state index contributed by atoms with van der Waals surface area (Å²) >= 11 is 0. The molecular weight excluding hydrogens is 226 g/mol. The second kappa shape index (κ2) is 7.77. The molecule has 3 nitrogen and oxygen atoms in total. The minimum absolute atomic E-state index is 0.676. The smallest absolute Gasteiger partial charge is 0.123 e. The largest absolute Gasteiger partial charge is 0.497 e. The summed E-state index contributed by atoms with van der Waals surface area (Å²) in [6, 6.07) is 5.84. The predicted octanol–water partition coefficient (Wildman–Crippen LogP) is 2.96. The fourth-order valence-electron chi connectivity index (χ4n) is 1.58. The first-order valence-corrected chi connectivity index (χ1v) is 6.26. The van der Waals surface area contributed by atoms with Gasteiger partial charge in [-0.3, -0.25) is 0 Å². The molecule has 1 N–H and O–H groups in total. The van der Waals surface area contributed by atoms with Crippen molar-refractivity contribution in [1.82, 2.24) is 5.32 Å². The molecular formula is C15H23NO2. The Morgan fingerprint density at radius 1 is 1.11 bits per heavy atom. The Hall–Kier alpha value is -1.48. The quantitative estimate of drug-likeness (QED) is 0.754. The van der Waals surface area contributed by atoms with Crippen LogP contribution in [0.3, 0.4) is 0 Å². The zero-order valence-electron chi connectivity index (χ0n) is 11.7. The fourth-order valence-corrected chi connectivity index (χ4v) is 1.58. The van der Waals surface area contributed by atoms with E-state index in [2.05, 4.69) is 31.3 Å². The molecule has 0 heterocycles. The van der Waals surface area contributed by atoms with Crippen molar-refractivity contribution in [3.8, 4) is 11.5 Å². The molecule has 0 saturated carbocycles. The Morgan fingerprint density at radius 2 is 1.72 bits per heavy atom. The van der Waals surface area contributed by atoms with E-state index in [1.807, 2.05) is 18.2 Å². The highest BCUT2D eigenvalue weighted by atomic mass is 16.5. The number of rotatable bonds is 7. The first kappa shape index (κ1) is 14.6. The van der Waals surface area contributed by atoms with Gasteiger partial charge in [0.15, 0.2) is 0 Å². The number of benzene rings is 1. The van der Waals surface area contributed by atoms with Crippen molar-refractivity contribution < 1.29 is 9.47 Å². The highest BCUT2D eigenvalue weighted by molar-refractivity contribution is 5.55. The topological polar surface area (TPSA) is 30.5 Å². The van der Waals surface area contributed by atoms with E-state index in [0.29, 0.717) is 5.92 Å². The zero-order chi connectivity index (χ0) is 13.4. The van der Waals surface area contributed by atoms with Crippen molar-refractivity contribution in [3.63, 3.8) is 0 Å². The molecule has 0 spiro atoms. The van der Waals surface area contributed by atoms with Crippen LogP contribution in [0.15, 0.2) is 24.3 Å². The van der Waals surface area contributed by atoms with Gasteiger partial charge < -0.3 is 14.8 Å². The van der Waals surface area contributed by atoms with E-state index < -0.39 is 0 Å². The average Bonchev–Trinajstić information content (AvgIpc) is 2.37. The molecule has 3 heteroatoms. The normalized spacial score (nSPS) is 11.2. The summed E-state index contributed by atoms with van der Waals surface area (Å²) in [7, 11) is 3.32. The van der Waals surface area contributed by atoms with Crippen molar-refractivity contribution in [2.45, 2.75) is 13.8 Å². The minimum atomic E-state index is 0.676. The van der Waals surface area contributed by atoms with Crippen LogP contribution < -0.4 is 14.8 Å². The van der Waals surface area contributed by atoms with Gasteiger partial charge in [-0.15, -0.1) is 0 Å². The maximum absolute atomic E-state index is 5.23. The summed E-state index contributed by atoms with van der Waals surface area (Å²) in [5.74, 6) is 2.29. The van der Waals surface area contributed by atoms with Crippen LogP contribution in [0, 0.1) is 5.92 Å². The highest BCUT2D eigenvalue weighted by Gasteiger charge is 1.99. The van der Waals surface area contributed by atoms with Gasteiger partial charge in [0, 0.05) is 12.6 Å². The van der Waals surface area contributed by atoms with E-state index in [4.69, 9.17) is 9.47 Å². The van der Waals surface area contributed by atoms with Gasteiger partial charge in [0.2, 0.25) is 0 Å². The molecule has 0 aromatic heterocycles. The fraction of sp³-hybridized carbons (Fsp3) is 0.467. The SMILES string of the molecule is COc1cc(C=CCNCC(C)C)cc(OC)c1. The lowest BCUT2D eigenvalue weighted by atomic mass is 10.2. The van der Waals surface area contributed by atoms with Crippen molar-refractivity contribution >= 4 is 6.08 Å². The van der Waals surface area contributed by atoms with Crippen molar-refractivity contribution in [2.75, 3.05) is 27.3 Å². The molecule has 1 rings (SSSR count). The summed E-state index contributed by atoms with van der Waals surface area (Å²) in [5.41, 5.74) is 1.08. The molecule has 1 aromatic rings. The van der Waals surface area contributed by atoms with Crippen LogP contribution in [0.25, 0.3) is 6.08 Å². The van der Waals surface area contributed by atoms with Gasteiger partial charge in [-0.2, -0.15) is 0 Å². The number of ether oxygens (including phenoxy) is 2. The minimum Gasteiger partial charge on any atom is -0.497 e. The average molecular weight is 249 g/mol. The van der Waals surface area contributed by atoms with Crippen molar-refractivity contribution in [1.29, 1.82) is 0 Å². The molecule has 100 valence electrons. The third-order valence-corrected chi connectivity index (χ3v) is 2.50. The molecule has 0 unspecified atom stereocenters. The van der Waals surface area contributed by atoms with Crippen LogP contribution in [0.4, 0.5) is 0 Å². The molecule has 0 fully saturated rings. The Labute approximate surface area is 110 Å². The summed E-state index contributed by atoms with van der Waals surface area (Å²) < 4.78 is 10.5. The summed E-state index contributed by atoms with van der Waals surface area (Å²) in [6.07, 6.45) is 4.18. The first-order chi connectivity index (χ1) is 8.65.